The van der Waals surface area contributed by atoms with Crippen molar-refractivity contribution in [2.75, 3.05) is 24.1 Å². The molecule has 0 atom stereocenters. The molecule has 0 amide bonds. The fourth-order valence-electron chi connectivity index (χ4n) is 2.02. The molecule has 1 aromatic heterocycles. The Labute approximate surface area is 113 Å². The average Bonchev–Trinajstić information content (AvgIpc) is 2.29. The van der Waals surface area contributed by atoms with E-state index in [9.17, 15) is 8.78 Å². The first-order valence-corrected chi connectivity index (χ1v) is 6.44. The third-order valence-corrected chi connectivity index (χ3v) is 2.95. The zero-order valence-electron chi connectivity index (χ0n) is 11.9. The smallest absolute Gasteiger partial charge is 0.168 e. The van der Waals surface area contributed by atoms with Gasteiger partial charge < -0.3 is 11.1 Å². The Balaban J connectivity index is 2.60. The SMILES string of the molecule is CC(C)N(CCNc1nc(N)c(F)cc1F)C(C)C. The van der Waals surface area contributed by atoms with Crippen LogP contribution in [-0.4, -0.2) is 35.1 Å². The van der Waals surface area contributed by atoms with Crippen LogP contribution in [0.3, 0.4) is 0 Å². The molecule has 1 aromatic rings. The van der Waals surface area contributed by atoms with Crippen molar-refractivity contribution in [3.8, 4) is 0 Å². The van der Waals surface area contributed by atoms with Crippen LogP contribution in [0.15, 0.2) is 6.07 Å². The van der Waals surface area contributed by atoms with Crippen LogP contribution in [0.4, 0.5) is 20.4 Å². The molecule has 0 radical (unpaired) electrons. The highest BCUT2D eigenvalue weighted by Crippen LogP contribution is 2.16. The van der Waals surface area contributed by atoms with Gasteiger partial charge in [0.25, 0.3) is 0 Å². The number of hydrogen-bond donors (Lipinski definition) is 2. The normalized spacial score (nSPS) is 11.6. The van der Waals surface area contributed by atoms with Gasteiger partial charge in [0.2, 0.25) is 0 Å². The molecule has 4 nitrogen and oxygen atoms in total. The maximum Gasteiger partial charge on any atom is 0.168 e. The van der Waals surface area contributed by atoms with E-state index in [1.54, 1.807) is 0 Å². The van der Waals surface area contributed by atoms with Crippen LogP contribution in [-0.2, 0) is 0 Å². The van der Waals surface area contributed by atoms with Gasteiger partial charge in [0.1, 0.15) is 0 Å². The highest BCUT2D eigenvalue weighted by molar-refractivity contribution is 5.44. The van der Waals surface area contributed by atoms with E-state index in [0.29, 0.717) is 18.6 Å². The predicted octanol–water partition coefficient (Wildman–Crippen LogP) is 2.47. The van der Waals surface area contributed by atoms with Crippen LogP contribution in [0.5, 0.6) is 0 Å². The van der Waals surface area contributed by atoms with Crippen molar-refractivity contribution in [3.05, 3.63) is 17.7 Å². The fourth-order valence-corrected chi connectivity index (χ4v) is 2.02. The van der Waals surface area contributed by atoms with Gasteiger partial charge in [0.05, 0.1) is 0 Å². The number of halogens is 2. The zero-order valence-corrected chi connectivity index (χ0v) is 11.9. The number of anilines is 2. The molecule has 0 saturated carbocycles. The number of hydrogen-bond acceptors (Lipinski definition) is 4. The van der Waals surface area contributed by atoms with Crippen molar-refractivity contribution >= 4 is 11.6 Å². The summed E-state index contributed by atoms with van der Waals surface area (Å²) in [5.74, 6) is -1.87. The fraction of sp³-hybridized carbons (Fsp3) is 0.615. The quantitative estimate of drug-likeness (QED) is 0.835. The van der Waals surface area contributed by atoms with Crippen molar-refractivity contribution in [1.29, 1.82) is 0 Å². The van der Waals surface area contributed by atoms with E-state index in [4.69, 9.17) is 5.73 Å². The van der Waals surface area contributed by atoms with E-state index in [-0.39, 0.29) is 11.6 Å². The molecule has 0 saturated heterocycles. The van der Waals surface area contributed by atoms with Crippen LogP contribution in [0.25, 0.3) is 0 Å². The van der Waals surface area contributed by atoms with E-state index in [1.165, 1.54) is 0 Å². The summed E-state index contributed by atoms with van der Waals surface area (Å²) in [4.78, 5) is 5.92. The molecule has 0 aliphatic rings. The molecular formula is C13H22F2N4. The minimum absolute atomic E-state index is 0.00800. The summed E-state index contributed by atoms with van der Waals surface area (Å²) in [7, 11) is 0. The molecule has 3 N–H and O–H groups in total. The largest absolute Gasteiger partial charge is 0.381 e. The number of nitrogen functional groups attached to an aromatic ring is 1. The summed E-state index contributed by atoms with van der Waals surface area (Å²) >= 11 is 0. The van der Waals surface area contributed by atoms with Crippen LogP contribution in [0.1, 0.15) is 27.7 Å². The van der Waals surface area contributed by atoms with E-state index in [0.717, 1.165) is 12.6 Å². The standard InChI is InChI=1S/C13H22F2N4/c1-8(2)19(9(3)4)6-5-17-13-11(15)7-10(14)12(16)18-13/h7-9H,5-6H2,1-4H3,(H3,16,17,18). The molecule has 6 heteroatoms. The number of aromatic nitrogens is 1. The van der Waals surface area contributed by atoms with Gasteiger partial charge in [-0.1, -0.05) is 0 Å². The number of nitrogens with two attached hydrogens (primary N) is 1. The Morgan fingerprint density at radius 3 is 2.32 bits per heavy atom. The number of nitrogens with zero attached hydrogens (tertiary/aromatic N) is 2. The van der Waals surface area contributed by atoms with Crippen molar-refractivity contribution in [3.63, 3.8) is 0 Å². The Morgan fingerprint density at radius 2 is 1.79 bits per heavy atom. The summed E-state index contributed by atoms with van der Waals surface area (Å²) in [5.41, 5.74) is 5.31. The lowest BCUT2D eigenvalue weighted by Crippen LogP contribution is -2.40. The third kappa shape index (κ3) is 4.31. The van der Waals surface area contributed by atoms with Gasteiger partial charge in [-0.25, -0.2) is 13.8 Å². The highest BCUT2D eigenvalue weighted by Gasteiger charge is 2.14. The van der Waals surface area contributed by atoms with E-state index in [2.05, 4.69) is 42.9 Å². The van der Waals surface area contributed by atoms with Gasteiger partial charge in [0.15, 0.2) is 23.3 Å². The Hall–Kier alpha value is -1.43. The summed E-state index contributed by atoms with van der Waals surface area (Å²) in [6.45, 7) is 9.69. The van der Waals surface area contributed by atoms with Crippen LogP contribution >= 0.6 is 0 Å². The molecule has 0 aromatic carbocycles. The second kappa shape index (κ2) is 6.65. The molecule has 0 spiro atoms. The Bertz CT molecular complexity index is 413. The first kappa shape index (κ1) is 15.6. The molecule has 0 unspecified atom stereocenters. The summed E-state index contributed by atoms with van der Waals surface area (Å²) in [6, 6.07) is 1.55. The van der Waals surface area contributed by atoms with Crippen LogP contribution in [0.2, 0.25) is 0 Å². The summed E-state index contributed by atoms with van der Waals surface area (Å²) < 4.78 is 26.4. The summed E-state index contributed by atoms with van der Waals surface area (Å²) in [6.07, 6.45) is 0. The zero-order chi connectivity index (χ0) is 14.6. The maximum atomic E-state index is 13.4. The minimum atomic E-state index is -0.839. The van der Waals surface area contributed by atoms with Gasteiger partial charge in [-0.3, -0.25) is 4.90 Å². The van der Waals surface area contributed by atoms with Gasteiger partial charge in [-0.05, 0) is 27.7 Å². The third-order valence-electron chi connectivity index (χ3n) is 2.95. The number of nitrogens with one attached hydrogen (secondary N) is 1. The first-order chi connectivity index (χ1) is 8.82. The van der Waals surface area contributed by atoms with Gasteiger partial charge in [0, 0.05) is 31.2 Å². The summed E-state index contributed by atoms with van der Waals surface area (Å²) in [5, 5.41) is 2.85. The average molecular weight is 272 g/mol. The molecular weight excluding hydrogens is 250 g/mol. The van der Waals surface area contributed by atoms with Crippen molar-refractivity contribution in [1.82, 2.24) is 9.88 Å². The number of rotatable bonds is 6. The van der Waals surface area contributed by atoms with E-state index >= 15 is 0 Å². The monoisotopic (exact) mass is 272 g/mol. The second-order valence-electron chi connectivity index (χ2n) is 5.04. The Morgan fingerprint density at radius 1 is 1.21 bits per heavy atom. The van der Waals surface area contributed by atoms with Crippen molar-refractivity contribution < 1.29 is 8.78 Å². The molecule has 108 valence electrons. The van der Waals surface area contributed by atoms with Gasteiger partial charge >= 0.3 is 0 Å². The number of pyridine rings is 1. The molecule has 0 aliphatic carbocycles. The first-order valence-electron chi connectivity index (χ1n) is 6.44. The van der Waals surface area contributed by atoms with Crippen LogP contribution < -0.4 is 11.1 Å². The molecule has 19 heavy (non-hydrogen) atoms. The topological polar surface area (TPSA) is 54.2 Å². The maximum absolute atomic E-state index is 13.4. The molecule has 0 aliphatic heterocycles. The molecule has 0 bridgehead atoms. The molecule has 1 rings (SSSR count). The lowest BCUT2D eigenvalue weighted by atomic mass is 10.2. The van der Waals surface area contributed by atoms with Crippen molar-refractivity contribution in [2.24, 2.45) is 0 Å². The lowest BCUT2D eigenvalue weighted by molar-refractivity contribution is 0.182. The van der Waals surface area contributed by atoms with Crippen molar-refractivity contribution in [2.45, 2.75) is 39.8 Å². The highest BCUT2D eigenvalue weighted by atomic mass is 19.1. The minimum Gasteiger partial charge on any atom is -0.381 e. The predicted molar refractivity (Wildman–Crippen MR) is 74.0 cm³/mol. The molecule has 0 fully saturated rings. The van der Waals surface area contributed by atoms with Gasteiger partial charge in [-0.2, -0.15) is 0 Å². The lowest BCUT2D eigenvalue weighted by Gasteiger charge is -2.30. The second-order valence-corrected chi connectivity index (χ2v) is 5.04. The van der Waals surface area contributed by atoms with E-state index < -0.39 is 11.6 Å². The van der Waals surface area contributed by atoms with Gasteiger partial charge in [-0.15, -0.1) is 0 Å². The van der Waals surface area contributed by atoms with Crippen LogP contribution in [0, 0.1) is 11.6 Å². The van der Waals surface area contributed by atoms with E-state index in [1.807, 2.05) is 0 Å². The molecule has 1 heterocycles. The Kier molecular flexibility index (Phi) is 5.47.